The third-order valence-electron chi connectivity index (χ3n) is 3.82. The number of carbonyl (C=O) groups excluding carboxylic acids is 1. The molecule has 3 rings (SSSR count). The van der Waals surface area contributed by atoms with Crippen molar-refractivity contribution in [2.24, 2.45) is 0 Å². The van der Waals surface area contributed by atoms with E-state index in [1.807, 2.05) is 30.3 Å². The lowest BCUT2D eigenvalue weighted by molar-refractivity contribution is 0.0526. The van der Waals surface area contributed by atoms with Crippen LogP contribution < -0.4 is 9.47 Å². The van der Waals surface area contributed by atoms with E-state index >= 15 is 0 Å². The summed E-state index contributed by atoms with van der Waals surface area (Å²) in [5, 5.41) is 0.751. The summed E-state index contributed by atoms with van der Waals surface area (Å²) >= 11 is 6.47. The fraction of sp³-hybridized carbons (Fsp3) is 0.200. The minimum atomic E-state index is -0.524. The number of ether oxygens (including phenoxy) is 3. The molecule has 0 aliphatic rings. The van der Waals surface area contributed by atoms with E-state index < -0.39 is 5.97 Å². The van der Waals surface area contributed by atoms with Gasteiger partial charge in [0.25, 0.3) is 0 Å². The fourth-order valence-electron chi connectivity index (χ4n) is 2.60. The van der Waals surface area contributed by atoms with Gasteiger partial charge in [-0.25, -0.2) is 4.79 Å². The van der Waals surface area contributed by atoms with Crippen LogP contribution in [0, 0.1) is 0 Å². The van der Waals surface area contributed by atoms with Gasteiger partial charge in [-0.05, 0) is 24.6 Å². The summed E-state index contributed by atoms with van der Waals surface area (Å²) in [5.41, 5.74) is 1.82. The highest BCUT2D eigenvalue weighted by Gasteiger charge is 2.20. The standard InChI is InChI=1S/C20H18ClNO4/c1-3-25-20(23)14-11-22-15-9-10-16(19(24-2)17(15)18(14)21)26-12-13-7-5-4-6-8-13/h4-11H,3,12H2,1-2H3. The first-order valence-electron chi connectivity index (χ1n) is 8.14. The maximum Gasteiger partial charge on any atom is 0.341 e. The Morgan fingerprint density at radius 3 is 2.62 bits per heavy atom. The molecule has 0 fully saturated rings. The van der Waals surface area contributed by atoms with Crippen molar-refractivity contribution in [3.05, 3.63) is 64.8 Å². The van der Waals surface area contributed by atoms with Crippen LogP contribution in [-0.2, 0) is 11.3 Å². The summed E-state index contributed by atoms with van der Waals surface area (Å²) in [7, 11) is 1.53. The van der Waals surface area contributed by atoms with Gasteiger partial charge in [0, 0.05) is 6.20 Å². The second-order valence-electron chi connectivity index (χ2n) is 5.47. The van der Waals surface area contributed by atoms with Gasteiger partial charge in [-0.2, -0.15) is 0 Å². The molecule has 0 unspecified atom stereocenters. The van der Waals surface area contributed by atoms with Gasteiger partial charge in [0.05, 0.1) is 35.2 Å². The minimum absolute atomic E-state index is 0.194. The summed E-state index contributed by atoms with van der Waals surface area (Å²) in [4.78, 5) is 16.4. The molecule has 0 spiro atoms. The molecule has 0 bridgehead atoms. The molecule has 1 aromatic heterocycles. The monoisotopic (exact) mass is 371 g/mol. The third kappa shape index (κ3) is 3.58. The van der Waals surface area contributed by atoms with Crippen molar-refractivity contribution >= 4 is 28.5 Å². The zero-order chi connectivity index (χ0) is 18.5. The quantitative estimate of drug-likeness (QED) is 0.590. The number of hydrogen-bond acceptors (Lipinski definition) is 5. The van der Waals surface area contributed by atoms with Gasteiger partial charge in [0.1, 0.15) is 6.61 Å². The zero-order valence-corrected chi connectivity index (χ0v) is 15.2. The van der Waals surface area contributed by atoms with E-state index in [0.29, 0.717) is 29.0 Å². The number of pyridine rings is 1. The summed E-state index contributed by atoms with van der Waals surface area (Å²) in [6.07, 6.45) is 1.41. The predicted octanol–water partition coefficient (Wildman–Crippen LogP) is 4.65. The van der Waals surface area contributed by atoms with E-state index in [0.717, 1.165) is 5.56 Å². The zero-order valence-electron chi connectivity index (χ0n) is 14.5. The SMILES string of the molecule is CCOC(=O)c1cnc2ccc(OCc3ccccc3)c(OC)c2c1Cl. The van der Waals surface area contributed by atoms with Crippen molar-refractivity contribution in [1.29, 1.82) is 0 Å². The lowest BCUT2D eigenvalue weighted by Crippen LogP contribution is -2.07. The summed E-state index contributed by atoms with van der Waals surface area (Å²) in [5.74, 6) is 0.431. The van der Waals surface area contributed by atoms with E-state index in [2.05, 4.69) is 4.98 Å². The van der Waals surface area contributed by atoms with Gasteiger partial charge >= 0.3 is 5.97 Å². The number of methoxy groups -OCH3 is 1. The molecule has 1 heterocycles. The summed E-state index contributed by atoms with van der Waals surface area (Å²) in [6, 6.07) is 13.3. The van der Waals surface area contributed by atoms with Crippen LogP contribution in [0.5, 0.6) is 11.5 Å². The first-order valence-corrected chi connectivity index (χ1v) is 8.52. The Bertz CT molecular complexity index is 928. The van der Waals surface area contributed by atoms with Crippen molar-refractivity contribution < 1.29 is 19.0 Å². The molecule has 0 saturated heterocycles. The molecule has 0 amide bonds. The Balaban J connectivity index is 2.02. The molecular formula is C20H18ClNO4. The Morgan fingerprint density at radius 2 is 1.92 bits per heavy atom. The lowest BCUT2D eigenvalue weighted by Gasteiger charge is -2.15. The van der Waals surface area contributed by atoms with Crippen LogP contribution in [0.15, 0.2) is 48.7 Å². The highest BCUT2D eigenvalue weighted by Crippen LogP contribution is 2.40. The lowest BCUT2D eigenvalue weighted by atomic mass is 10.1. The summed E-state index contributed by atoms with van der Waals surface area (Å²) in [6.45, 7) is 2.37. The number of halogens is 1. The molecule has 0 atom stereocenters. The topological polar surface area (TPSA) is 57.7 Å². The number of rotatable bonds is 6. The number of hydrogen-bond donors (Lipinski definition) is 0. The average Bonchev–Trinajstić information content (AvgIpc) is 2.67. The van der Waals surface area contributed by atoms with Crippen molar-refractivity contribution in [1.82, 2.24) is 4.98 Å². The molecular weight excluding hydrogens is 354 g/mol. The molecule has 6 heteroatoms. The smallest absolute Gasteiger partial charge is 0.341 e. The molecule has 0 N–H and O–H groups in total. The van der Waals surface area contributed by atoms with E-state index in [-0.39, 0.29) is 17.2 Å². The van der Waals surface area contributed by atoms with E-state index in [9.17, 15) is 4.79 Å². The Morgan fingerprint density at radius 1 is 1.15 bits per heavy atom. The van der Waals surface area contributed by atoms with Gasteiger partial charge in [-0.3, -0.25) is 4.98 Å². The van der Waals surface area contributed by atoms with Gasteiger partial charge in [-0.1, -0.05) is 41.9 Å². The fourth-order valence-corrected chi connectivity index (χ4v) is 2.91. The highest BCUT2D eigenvalue weighted by molar-refractivity contribution is 6.38. The molecule has 2 aromatic carbocycles. The number of esters is 1. The predicted molar refractivity (Wildman–Crippen MR) is 100 cm³/mol. The molecule has 134 valence electrons. The number of nitrogens with zero attached hydrogens (tertiary/aromatic N) is 1. The number of fused-ring (bicyclic) bond motifs is 1. The van der Waals surface area contributed by atoms with Crippen molar-refractivity contribution in [3.8, 4) is 11.5 Å². The molecule has 3 aromatic rings. The first-order chi connectivity index (χ1) is 12.7. The minimum Gasteiger partial charge on any atom is -0.492 e. The third-order valence-corrected chi connectivity index (χ3v) is 4.22. The molecule has 0 aliphatic heterocycles. The van der Waals surface area contributed by atoms with Gasteiger partial charge in [0.15, 0.2) is 11.5 Å². The van der Waals surface area contributed by atoms with E-state index in [4.69, 9.17) is 25.8 Å². The van der Waals surface area contributed by atoms with Crippen LogP contribution >= 0.6 is 11.6 Å². The van der Waals surface area contributed by atoms with Gasteiger partial charge < -0.3 is 14.2 Å². The molecule has 5 nitrogen and oxygen atoms in total. The Labute approximate surface area is 156 Å². The molecule has 0 saturated carbocycles. The van der Waals surface area contributed by atoms with Crippen LogP contribution in [0.25, 0.3) is 10.9 Å². The first kappa shape index (κ1) is 18.0. The van der Waals surface area contributed by atoms with E-state index in [1.54, 1.807) is 19.1 Å². The van der Waals surface area contributed by atoms with Crippen molar-refractivity contribution in [3.63, 3.8) is 0 Å². The van der Waals surface area contributed by atoms with Crippen LogP contribution in [0.4, 0.5) is 0 Å². The van der Waals surface area contributed by atoms with E-state index in [1.165, 1.54) is 13.3 Å². The molecule has 0 aliphatic carbocycles. The number of carbonyl (C=O) groups is 1. The Kier molecular flexibility index (Phi) is 5.58. The largest absolute Gasteiger partial charge is 0.492 e. The van der Waals surface area contributed by atoms with Crippen molar-refractivity contribution in [2.45, 2.75) is 13.5 Å². The number of aromatic nitrogens is 1. The van der Waals surface area contributed by atoms with Crippen LogP contribution in [-0.4, -0.2) is 24.7 Å². The maximum atomic E-state index is 12.1. The molecule has 26 heavy (non-hydrogen) atoms. The van der Waals surface area contributed by atoms with Gasteiger partial charge in [-0.15, -0.1) is 0 Å². The maximum absolute atomic E-state index is 12.1. The van der Waals surface area contributed by atoms with Crippen LogP contribution in [0.3, 0.4) is 0 Å². The van der Waals surface area contributed by atoms with Crippen LogP contribution in [0.2, 0.25) is 5.02 Å². The Hall–Kier alpha value is -2.79. The van der Waals surface area contributed by atoms with Crippen molar-refractivity contribution in [2.75, 3.05) is 13.7 Å². The second kappa shape index (κ2) is 8.06. The normalized spacial score (nSPS) is 10.6. The second-order valence-corrected chi connectivity index (χ2v) is 5.85. The molecule has 0 radical (unpaired) electrons. The van der Waals surface area contributed by atoms with Gasteiger partial charge in [0.2, 0.25) is 0 Å². The average molecular weight is 372 g/mol. The number of benzene rings is 2. The van der Waals surface area contributed by atoms with Crippen LogP contribution in [0.1, 0.15) is 22.8 Å². The summed E-state index contributed by atoms with van der Waals surface area (Å²) < 4.78 is 16.4. The highest BCUT2D eigenvalue weighted by atomic mass is 35.5.